The number of anilines is 1. The van der Waals surface area contributed by atoms with Gasteiger partial charge in [-0.15, -0.1) is 0 Å². The van der Waals surface area contributed by atoms with E-state index in [1.165, 1.54) is 24.5 Å². The smallest absolute Gasteiger partial charge is 0.149 e. The fourth-order valence-corrected chi connectivity index (χ4v) is 2.15. The predicted octanol–water partition coefficient (Wildman–Crippen LogP) is 3.49. The summed E-state index contributed by atoms with van der Waals surface area (Å²) in [5.74, 6) is -0.221. The Bertz CT molecular complexity index is 717. The van der Waals surface area contributed by atoms with Gasteiger partial charge in [0.25, 0.3) is 0 Å². The molecule has 1 N–H and O–H groups in total. The van der Waals surface area contributed by atoms with Gasteiger partial charge in [-0.1, -0.05) is 6.07 Å². The van der Waals surface area contributed by atoms with Crippen molar-refractivity contribution in [2.45, 2.75) is 6.04 Å². The quantitative estimate of drug-likeness (QED) is 0.799. The van der Waals surface area contributed by atoms with Gasteiger partial charge in [-0.05, 0) is 24.3 Å². The second kappa shape index (κ2) is 5.40. The third-order valence-electron chi connectivity index (χ3n) is 3.20. The Kier molecular flexibility index (Phi) is 3.43. The molecule has 1 atom stereocenters. The first-order chi connectivity index (χ1) is 10.2. The van der Waals surface area contributed by atoms with Crippen LogP contribution >= 0.6 is 0 Å². The average Bonchev–Trinajstić information content (AvgIpc) is 3.11. The second-order valence-electron chi connectivity index (χ2n) is 4.59. The highest BCUT2D eigenvalue weighted by Gasteiger charge is 2.23. The van der Waals surface area contributed by atoms with Gasteiger partial charge in [0.2, 0.25) is 0 Å². The molecule has 4 nitrogen and oxygen atoms in total. The minimum atomic E-state index is -0.666. The Morgan fingerprint density at radius 1 is 1.19 bits per heavy atom. The zero-order valence-electron chi connectivity index (χ0n) is 11.3. The number of para-hydroxylation sites is 1. The van der Waals surface area contributed by atoms with Crippen LogP contribution in [0.1, 0.15) is 17.6 Å². The number of imidazole rings is 1. The van der Waals surface area contributed by atoms with E-state index in [0.29, 0.717) is 11.6 Å². The van der Waals surface area contributed by atoms with Crippen LogP contribution in [0.3, 0.4) is 0 Å². The summed E-state index contributed by atoms with van der Waals surface area (Å²) in [6.45, 7) is 0. The van der Waals surface area contributed by atoms with E-state index >= 15 is 0 Å². The van der Waals surface area contributed by atoms with Crippen LogP contribution in [-0.4, -0.2) is 9.55 Å². The average molecular weight is 289 g/mol. The number of benzene rings is 1. The normalized spacial score (nSPS) is 12.3. The minimum Gasteiger partial charge on any atom is -0.467 e. The lowest BCUT2D eigenvalue weighted by atomic mass is 10.2. The van der Waals surface area contributed by atoms with Crippen LogP contribution in [0.15, 0.2) is 53.4 Å². The SMILES string of the molecule is Cn1ccnc1C(Nc1c(F)cccc1F)c1ccco1. The molecular formula is C15H13F2N3O. The van der Waals surface area contributed by atoms with Crippen LogP contribution in [0.2, 0.25) is 0 Å². The number of furan rings is 1. The number of halogens is 2. The molecular weight excluding hydrogens is 276 g/mol. The van der Waals surface area contributed by atoms with Gasteiger partial charge < -0.3 is 14.3 Å². The van der Waals surface area contributed by atoms with E-state index < -0.39 is 17.7 Å². The van der Waals surface area contributed by atoms with Gasteiger partial charge in [-0.3, -0.25) is 0 Å². The van der Waals surface area contributed by atoms with E-state index in [0.717, 1.165) is 0 Å². The maximum Gasteiger partial charge on any atom is 0.149 e. The first-order valence-electron chi connectivity index (χ1n) is 6.38. The highest BCUT2D eigenvalue weighted by atomic mass is 19.1. The summed E-state index contributed by atoms with van der Waals surface area (Å²) in [5, 5.41) is 2.83. The highest BCUT2D eigenvalue weighted by molar-refractivity contribution is 5.49. The molecule has 2 heterocycles. The van der Waals surface area contributed by atoms with Crippen molar-refractivity contribution in [2.24, 2.45) is 7.05 Å². The van der Waals surface area contributed by atoms with Crippen LogP contribution in [0.25, 0.3) is 0 Å². The van der Waals surface area contributed by atoms with Crippen LogP contribution in [0.4, 0.5) is 14.5 Å². The Labute approximate surface area is 120 Å². The minimum absolute atomic E-state index is 0.207. The summed E-state index contributed by atoms with van der Waals surface area (Å²) in [6.07, 6.45) is 4.87. The van der Waals surface area contributed by atoms with E-state index in [-0.39, 0.29) is 5.69 Å². The largest absolute Gasteiger partial charge is 0.467 e. The van der Waals surface area contributed by atoms with E-state index in [2.05, 4.69) is 10.3 Å². The Balaban J connectivity index is 2.03. The number of aryl methyl sites for hydroxylation is 1. The number of hydrogen-bond acceptors (Lipinski definition) is 3. The number of nitrogens with zero attached hydrogens (tertiary/aromatic N) is 2. The molecule has 0 radical (unpaired) electrons. The first kappa shape index (κ1) is 13.4. The molecule has 0 saturated carbocycles. The predicted molar refractivity (Wildman–Crippen MR) is 73.7 cm³/mol. The monoisotopic (exact) mass is 289 g/mol. The zero-order chi connectivity index (χ0) is 14.8. The van der Waals surface area contributed by atoms with E-state index in [1.807, 2.05) is 0 Å². The van der Waals surface area contributed by atoms with Gasteiger partial charge in [0.05, 0.1) is 6.26 Å². The maximum absolute atomic E-state index is 13.8. The molecule has 6 heteroatoms. The zero-order valence-corrected chi connectivity index (χ0v) is 11.3. The number of nitrogens with one attached hydrogen (secondary N) is 1. The number of hydrogen-bond donors (Lipinski definition) is 1. The summed E-state index contributed by atoms with van der Waals surface area (Å²) >= 11 is 0. The van der Waals surface area contributed by atoms with Crippen molar-refractivity contribution in [3.8, 4) is 0 Å². The molecule has 0 spiro atoms. The van der Waals surface area contributed by atoms with E-state index in [1.54, 1.807) is 36.1 Å². The molecule has 0 fully saturated rings. The second-order valence-corrected chi connectivity index (χ2v) is 4.59. The molecule has 3 aromatic rings. The summed E-state index contributed by atoms with van der Waals surface area (Å²) in [4.78, 5) is 4.22. The van der Waals surface area contributed by atoms with Crippen molar-refractivity contribution < 1.29 is 13.2 Å². The van der Waals surface area contributed by atoms with E-state index in [4.69, 9.17) is 4.42 Å². The Hall–Kier alpha value is -2.63. The van der Waals surface area contributed by atoms with Gasteiger partial charge in [0.15, 0.2) is 0 Å². The van der Waals surface area contributed by atoms with Crippen molar-refractivity contribution in [3.63, 3.8) is 0 Å². The molecule has 0 aliphatic carbocycles. The molecule has 0 saturated heterocycles. The maximum atomic E-state index is 13.8. The van der Waals surface area contributed by atoms with Gasteiger partial charge in [-0.2, -0.15) is 0 Å². The molecule has 0 bridgehead atoms. The summed E-state index contributed by atoms with van der Waals surface area (Å²) in [7, 11) is 1.80. The topological polar surface area (TPSA) is 43.0 Å². The molecule has 108 valence electrons. The summed E-state index contributed by atoms with van der Waals surface area (Å²) in [5.41, 5.74) is -0.207. The molecule has 2 aromatic heterocycles. The van der Waals surface area contributed by atoms with Crippen LogP contribution in [0.5, 0.6) is 0 Å². The molecule has 3 rings (SSSR count). The van der Waals surface area contributed by atoms with Crippen molar-refractivity contribution >= 4 is 5.69 Å². The van der Waals surface area contributed by atoms with Crippen molar-refractivity contribution in [1.82, 2.24) is 9.55 Å². The molecule has 0 aliphatic heterocycles. The van der Waals surface area contributed by atoms with Crippen LogP contribution in [0, 0.1) is 11.6 Å². The third kappa shape index (κ3) is 2.52. The van der Waals surface area contributed by atoms with Crippen molar-refractivity contribution in [1.29, 1.82) is 0 Å². The van der Waals surface area contributed by atoms with E-state index in [9.17, 15) is 8.78 Å². The lowest BCUT2D eigenvalue weighted by molar-refractivity contribution is 0.485. The number of aromatic nitrogens is 2. The van der Waals surface area contributed by atoms with Gasteiger partial charge in [0, 0.05) is 19.4 Å². The first-order valence-corrected chi connectivity index (χ1v) is 6.38. The third-order valence-corrected chi connectivity index (χ3v) is 3.20. The fourth-order valence-electron chi connectivity index (χ4n) is 2.15. The van der Waals surface area contributed by atoms with Crippen LogP contribution in [-0.2, 0) is 7.05 Å². The molecule has 0 amide bonds. The van der Waals surface area contributed by atoms with Gasteiger partial charge in [-0.25, -0.2) is 13.8 Å². The van der Waals surface area contributed by atoms with Crippen molar-refractivity contribution in [2.75, 3.05) is 5.32 Å². The Morgan fingerprint density at radius 3 is 2.52 bits per heavy atom. The molecule has 0 aliphatic rings. The highest BCUT2D eigenvalue weighted by Crippen LogP contribution is 2.28. The summed E-state index contributed by atoms with van der Waals surface area (Å²) < 4.78 is 34.8. The Morgan fingerprint density at radius 2 is 1.95 bits per heavy atom. The molecule has 1 unspecified atom stereocenters. The van der Waals surface area contributed by atoms with Crippen molar-refractivity contribution in [3.05, 3.63) is 72.2 Å². The number of rotatable bonds is 4. The fraction of sp³-hybridized carbons (Fsp3) is 0.133. The van der Waals surface area contributed by atoms with Crippen LogP contribution < -0.4 is 5.32 Å². The summed E-state index contributed by atoms with van der Waals surface area (Å²) in [6, 6.07) is 6.56. The van der Waals surface area contributed by atoms with Gasteiger partial charge >= 0.3 is 0 Å². The lowest BCUT2D eigenvalue weighted by Gasteiger charge is -2.18. The van der Waals surface area contributed by atoms with Gasteiger partial charge in [0.1, 0.15) is 34.9 Å². The molecule has 1 aromatic carbocycles. The standard InChI is InChI=1S/C15H13F2N3O/c1-20-8-7-18-15(20)14(12-6-3-9-21-12)19-13-10(16)4-2-5-11(13)17/h2-9,14,19H,1H3. The lowest BCUT2D eigenvalue weighted by Crippen LogP contribution is -2.17. The molecule has 21 heavy (non-hydrogen) atoms.